The molecule has 0 radical (unpaired) electrons. The summed E-state index contributed by atoms with van der Waals surface area (Å²) in [6, 6.07) is -0.833. The van der Waals surface area contributed by atoms with Crippen molar-refractivity contribution < 1.29 is 64.6 Å². The zero-order chi connectivity index (χ0) is 55.3. The van der Waals surface area contributed by atoms with Crippen LogP contribution in [-0.4, -0.2) is 140 Å². The number of hydrogen-bond donors (Lipinski definition) is 9. The Balaban J connectivity index is 1.71. The molecule has 0 saturated carbocycles. The summed E-state index contributed by atoms with van der Waals surface area (Å²) in [5, 5.41) is 87.3. The highest BCUT2D eigenvalue weighted by Crippen LogP contribution is 2.30. The number of aliphatic hydroxyl groups excluding tert-OH is 8. The van der Waals surface area contributed by atoms with Crippen molar-refractivity contribution in [3.05, 3.63) is 60.8 Å². The summed E-state index contributed by atoms with van der Waals surface area (Å²) in [4.78, 5) is 13.3. The Morgan fingerprint density at radius 2 is 0.908 bits per heavy atom. The third kappa shape index (κ3) is 32.7. The van der Waals surface area contributed by atoms with Gasteiger partial charge in [-0.2, -0.15) is 0 Å². The molecule has 2 heterocycles. The van der Waals surface area contributed by atoms with Crippen LogP contribution < -0.4 is 5.32 Å². The quantitative estimate of drug-likeness (QED) is 0.0204. The van der Waals surface area contributed by atoms with Crippen LogP contribution in [0.2, 0.25) is 0 Å². The highest BCUT2D eigenvalue weighted by Gasteiger charge is 2.51. The van der Waals surface area contributed by atoms with E-state index in [2.05, 4.69) is 79.9 Å². The van der Waals surface area contributed by atoms with Gasteiger partial charge in [0.2, 0.25) is 5.91 Å². The van der Waals surface area contributed by atoms with Gasteiger partial charge in [-0.05, 0) is 57.8 Å². The van der Waals surface area contributed by atoms with E-state index in [4.69, 9.17) is 18.9 Å². The van der Waals surface area contributed by atoms with Crippen LogP contribution in [0.1, 0.15) is 232 Å². The fourth-order valence-electron chi connectivity index (χ4n) is 9.85. The van der Waals surface area contributed by atoms with E-state index in [1.54, 1.807) is 0 Å². The van der Waals surface area contributed by atoms with E-state index < -0.39 is 86.8 Å². The lowest BCUT2D eigenvalue weighted by molar-refractivity contribution is -0.359. The normalized spacial score (nSPS) is 25.3. The molecule has 2 aliphatic rings. The van der Waals surface area contributed by atoms with E-state index >= 15 is 0 Å². The Labute approximate surface area is 460 Å². The summed E-state index contributed by atoms with van der Waals surface area (Å²) in [5.74, 6) is -0.211. The lowest BCUT2D eigenvalue weighted by Crippen LogP contribution is -2.65. The van der Waals surface area contributed by atoms with Crippen molar-refractivity contribution >= 4 is 5.91 Å². The monoisotopic (exact) mass is 1080 g/mol. The smallest absolute Gasteiger partial charge is 0.220 e. The molecule has 2 saturated heterocycles. The SMILES string of the molecule is CC/C=C\C/C=C\C/C=C\C/C=C\C/C=C\CCCCCCCCCCCCCC(=O)NC(COC1OC(CO)C(OC2OC(CO)C(O)C(O)C2O)C(O)C1O)C(O)CCCCCCCCCCCCCCCCC. The highest BCUT2D eigenvalue weighted by molar-refractivity contribution is 5.76. The van der Waals surface area contributed by atoms with Crippen LogP contribution in [0.5, 0.6) is 0 Å². The molecule has 0 aromatic heterocycles. The molecule has 0 aromatic rings. The molecule has 9 N–H and O–H groups in total. The lowest BCUT2D eigenvalue weighted by Gasteiger charge is -2.46. The third-order valence-corrected chi connectivity index (χ3v) is 14.7. The molecule has 0 aromatic carbocycles. The topological polar surface area (TPSA) is 228 Å². The molecule has 12 unspecified atom stereocenters. The summed E-state index contributed by atoms with van der Waals surface area (Å²) >= 11 is 0. The fraction of sp³-hybridized carbons (Fsp3) is 0.823. The number of ether oxygens (including phenoxy) is 4. The number of allylic oxidation sites excluding steroid dienone is 10. The zero-order valence-corrected chi connectivity index (χ0v) is 47.5. The molecule has 0 bridgehead atoms. The molecule has 2 rings (SSSR count). The van der Waals surface area contributed by atoms with E-state index in [1.165, 1.54) is 116 Å². The molecule has 2 fully saturated rings. The minimum atomic E-state index is -1.78. The van der Waals surface area contributed by atoms with Crippen LogP contribution in [0.3, 0.4) is 0 Å². The number of unbranched alkanes of at least 4 members (excludes halogenated alkanes) is 25. The first-order valence-electron chi connectivity index (χ1n) is 30.5. The van der Waals surface area contributed by atoms with E-state index in [-0.39, 0.29) is 12.5 Å². The van der Waals surface area contributed by atoms with Gasteiger partial charge in [0, 0.05) is 6.42 Å². The van der Waals surface area contributed by atoms with Gasteiger partial charge in [-0.3, -0.25) is 4.79 Å². The molecule has 0 spiro atoms. The average molecular weight is 1080 g/mol. The van der Waals surface area contributed by atoms with Crippen molar-refractivity contribution in [3.63, 3.8) is 0 Å². The van der Waals surface area contributed by atoms with Crippen molar-refractivity contribution in [2.24, 2.45) is 0 Å². The Hall–Kier alpha value is -2.31. The molecule has 14 nitrogen and oxygen atoms in total. The molecule has 2 aliphatic heterocycles. The van der Waals surface area contributed by atoms with Crippen LogP contribution >= 0.6 is 0 Å². The summed E-state index contributed by atoms with van der Waals surface area (Å²) in [6.45, 7) is 2.75. The number of carbonyl (C=O) groups excluding carboxylic acids is 1. The second-order valence-electron chi connectivity index (χ2n) is 21.5. The number of aliphatic hydroxyl groups is 8. The molecular formula is C62H111NO13. The van der Waals surface area contributed by atoms with Crippen molar-refractivity contribution in [1.82, 2.24) is 5.32 Å². The maximum absolute atomic E-state index is 13.3. The van der Waals surface area contributed by atoms with E-state index in [0.29, 0.717) is 12.8 Å². The second kappa shape index (κ2) is 47.5. The zero-order valence-electron chi connectivity index (χ0n) is 47.5. The summed E-state index contributed by atoms with van der Waals surface area (Å²) in [6.07, 6.45) is 43.6. The fourth-order valence-corrected chi connectivity index (χ4v) is 9.85. The molecular weight excluding hydrogens is 967 g/mol. The van der Waals surface area contributed by atoms with Crippen LogP contribution in [0.15, 0.2) is 60.8 Å². The van der Waals surface area contributed by atoms with Crippen molar-refractivity contribution in [1.29, 1.82) is 0 Å². The minimum absolute atomic E-state index is 0.211. The van der Waals surface area contributed by atoms with Gasteiger partial charge in [0.05, 0.1) is 32.0 Å². The van der Waals surface area contributed by atoms with Gasteiger partial charge in [-0.15, -0.1) is 0 Å². The maximum Gasteiger partial charge on any atom is 0.220 e. The van der Waals surface area contributed by atoms with Crippen LogP contribution in [-0.2, 0) is 23.7 Å². The van der Waals surface area contributed by atoms with Gasteiger partial charge in [0.1, 0.15) is 48.8 Å². The molecule has 0 aliphatic carbocycles. The molecule has 76 heavy (non-hydrogen) atoms. The second-order valence-corrected chi connectivity index (χ2v) is 21.5. The largest absolute Gasteiger partial charge is 0.394 e. The van der Waals surface area contributed by atoms with Crippen LogP contribution in [0.25, 0.3) is 0 Å². The van der Waals surface area contributed by atoms with Gasteiger partial charge in [-0.25, -0.2) is 0 Å². The molecule has 12 atom stereocenters. The summed E-state index contributed by atoms with van der Waals surface area (Å²) < 4.78 is 22.8. The lowest BCUT2D eigenvalue weighted by atomic mass is 9.97. The Bertz CT molecular complexity index is 1510. The average Bonchev–Trinajstić information content (AvgIpc) is 3.42. The van der Waals surface area contributed by atoms with E-state index in [1.807, 2.05) is 0 Å². The number of nitrogens with one attached hydrogen (secondary N) is 1. The van der Waals surface area contributed by atoms with Crippen molar-refractivity contribution in [2.75, 3.05) is 19.8 Å². The van der Waals surface area contributed by atoms with E-state index in [9.17, 15) is 45.6 Å². The highest BCUT2D eigenvalue weighted by atomic mass is 16.7. The van der Waals surface area contributed by atoms with Crippen molar-refractivity contribution in [2.45, 2.75) is 306 Å². The first-order valence-corrected chi connectivity index (χ1v) is 30.5. The van der Waals surface area contributed by atoms with E-state index in [0.717, 1.165) is 89.9 Å². The molecule has 1 amide bonds. The Morgan fingerprint density at radius 1 is 0.487 bits per heavy atom. The summed E-state index contributed by atoms with van der Waals surface area (Å²) in [5.41, 5.74) is 0. The van der Waals surface area contributed by atoms with Gasteiger partial charge in [-0.1, -0.05) is 229 Å². The number of carbonyl (C=O) groups is 1. The third-order valence-electron chi connectivity index (χ3n) is 14.7. The van der Waals surface area contributed by atoms with Gasteiger partial charge in [0.15, 0.2) is 12.6 Å². The van der Waals surface area contributed by atoms with Crippen LogP contribution in [0, 0.1) is 0 Å². The maximum atomic E-state index is 13.3. The minimum Gasteiger partial charge on any atom is -0.394 e. The standard InChI is InChI=1S/C62H111NO13/c1-3-5-7-9-11-13-15-17-19-20-21-22-23-24-25-26-27-28-29-30-32-34-36-38-40-42-44-46-54(67)63-50(51(66)45-43-41-39-37-35-33-31-18-16-14-12-10-8-6-4-2)49-73-61-59(72)57(70)60(53(48-65)75-61)76-62-58(71)56(69)55(68)52(47-64)74-62/h5,7,11,13,17,19,21-22,24-25,50-53,55-62,64-66,68-72H,3-4,6,8-10,12,14-16,18,20,23,26-49H2,1-2H3,(H,63,67)/b7-5-,13-11-,19-17-,22-21-,25-24-. The first-order chi connectivity index (χ1) is 37.1. The predicted molar refractivity (Wildman–Crippen MR) is 304 cm³/mol. The Kier molecular flexibility index (Phi) is 43.6. The first kappa shape index (κ1) is 69.8. The number of amides is 1. The summed E-state index contributed by atoms with van der Waals surface area (Å²) in [7, 11) is 0. The number of hydrogen-bond acceptors (Lipinski definition) is 13. The van der Waals surface area contributed by atoms with Gasteiger partial charge >= 0.3 is 0 Å². The van der Waals surface area contributed by atoms with Gasteiger partial charge in [0.25, 0.3) is 0 Å². The number of rotatable bonds is 48. The molecule has 442 valence electrons. The Morgan fingerprint density at radius 3 is 1.39 bits per heavy atom. The molecule has 14 heteroatoms. The van der Waals surface area contributed by atoms with Crippen LogP contribution in [0.4, 0.5) is 0 Å². The van der Waals surface area contributed by atoms with Crippen molar-refractivity contribution in [3.8, 4) is 0 Å². The predicted octanol–water partition coefficient (Wildman–Crippen LogP) is 10.6. The van der Waals surface area contributed by atoms with Gasteiger partial charge < -0.3 is 65.1 Å².